The Morgan fingerprint density at radius 3 is 1.31 bits per heavy atom. The van der Waals surface area contributed by atoms with E-state index in [1.807, 2.05) is 6.20 Å². The molecule has 51 heavy (non-hydrogen) atoms. The molecular formula is C46H48N4O. The van der Waals surface area contributed by atoms with Crippen molar-refractivity contribution >= 4 is 0 Å². The molecule has 6 aromatic rings. The van der Waals surface area contributed by atoms with Crippen LogP contribution in [0, 0.1) is 0 Å². The first-order valence-corrected chi connectivity index (χ1v) is 17.9. The highest BCUT2D eigenvalue weighted by atomic mass is 16.5. The molecule has 7 rings (SSSR count). The Hall–Kier alpha value is -5.16. The topological polar surface area (TPSA) is 60.8 Å². The molecule has 0 saturated carbocycles. The third-order valence-electron chi connectivity index (χ3n) is 10.7. The SMILES string of the molecule is CC(C)(C)c1ccc(-c2nc(-c3ccc(-c4ccc(-c5ccc6c(c5)C(C)(C)C(C)(C)O6)nc4)cc3)nc(-c3ccc(C(C)(C)C)cc3)n2)cc1. The Morgan fingerprint density at radius 2 is 0.882 bits per heavy atom. The van der Waals surface area contributed by atoms with E-state index in [0.29, 0.717) is 17.5 Å². The van der Waals surface area contributed by atoms with Gasteiger partial charge in [0, 0.05) is 45.0 Å². The highest BCUT2D eigenvalue weighted by molar-refractivity contribution is 5.72. The molecule has 0 amide bonds. The number of rotatable bonds is 5. The largest absolute Gasteiger partial charge is 0.487 e. The van der Waals surface area contributed by atoms with Crippen LogP contribution < -0.4 is 4.74 Å². The van der Waals surface area contributed by atoms with Crippen LogP contribution in [-0.4, -0.2) is 25.5 Å². The van der Waals surface area contributed by atoms with Crippen molar-refractivity contribution in [1.29, 1.82) is 0 Å². The number of pyridine rings is 1. The van der Waals surface area contributed by atoms with Gasteiger partial charge in [0.2, 0.25) is 0 Å². The summed E-state index contributed by atoms with van der Waals surface area (Å²) in [5.74, 6) is 2.91. The minimum absolute atomic E-state index is 0.0615. The standard InChI is InChI=1S/C46H48N4O/c1-43(2,3)35-21-15-31(16-22-35)41-48-40(49-42(50-41)32-17-23-36(24-18-32)44(4,5)6)30-13-11-29(12-14-30)34-19-25-38(47-28-34)33-20-26-39-37(27-33)45(7,8)46(9,10)51-39/h11-28H,1-10H3. The van der Waals surface area contributed by atoms with Crippen molar-refractivity contribution in [2.75, 3.05) is 0 Å². The Morgan fingerprint density at radius 1 is 0.471 bits per heavy atom. The van der Waals surface area contributed by atoms with Gasteiger partial charge in [-0.2, -0.15) is 0 Å². The molecule has 0 radical (unpaired) electrons. The summed E-state index contributed by atoms with van der Waals surface area (Å²) >= 11 is 0. The van der Waals surface area contributed by atoms with E-state index in [1.165, 1.54) is 16.7 Å². The summed E-state index contributed by atoms with van der Waals surface area (Å²) in [6, 6.07) is 36.2. The second-order valence-electron chi connectivity index (χ2n) is 16.9. The number of benzene rings is 4. The Balaban J connectivity index is 1.20. The summed E-state index contributed by atoms with van der Waals surface area (Å²) in [6.45, 7) is 22.1. The van der Waals surface area contributed by atoms with Crippen LogP contribution >= 0.6 is 0 Å². The summed E-state index contributed by atoms with van der Waals surface area (Å²) in [5, 5.41) is 0. The van der Waals surface area contributed by atoms with Crippen molar-refractivity contribution in [3.8, 4) is 62.3 Å². The Labute approximate surface area is 303 Å². The zero-order valence-corrected chi connectivity index (χ0v) is 31.6. The minimum atomic E-state index is -0.267. The van der Waals surface area contributed by atoms with Crippen LogP contribution in [0.4, 0.5) is 0 Å². The number of fused-ring (bicyclic) bond motifs is 1. The van der Waals surface area contributed by atoms with E-state index >= 15 is 0 Å². The maximum Gasteiger partial charge on any atom is 0.164 e. The fraction of sp³-hybridized carbons (Fsp3) is 0.304. The Bertz CT molecular complexity index is 2120. The van der Waals surface area contributed by atoms with Gasteiger partial charge in [0.05, 0.1) is 5.69 Å². The van der Waals surface area contributed by atoms with Gasteiger partial charge in [0.15, 0.2) is 17.5 Å². The van der Waals surface area contributed by atoms with E-state index < -0.39 is 0 Å². The maximum absolute atomic E-state index is 6.27. The third-order valence-corrected chi connectivity index (χ3v) is 10.7. The summed E-state index contributed by atoms with van der Waals surface area (Å²) in [4.78, 5) is 19.8. The van der Waals surface area contributed by atoms with Crippen molar-refractivity contribution < 1.29 is 4.74 Å². The zero-order valence-electron chi connectivity index (χ0n) is 31.6. The molecule has 0 atom stereocenters. The van der Waals surface area contributed by atoms with Crippen molar-refractivity contribution in [1.82, 2.24) is 19.9 Å². The lowest BCUT2D eigenvalue weighted by Gasteiger charge is -2.33. The van der Waals surface area contributed by atoms with Gasteiger partial charge in [-0.25, -0.2) is 15.0 Å². The quantitative estimate of drug-likeness (QED) is 0.182. The van der Waals surface area contributed by atoms with E-state index in [9.17, 15) is 0 Å². The summed E-state index contributed by atoms with van der Waals surface area (Å²) in [5.41, 5.74) is 10.5. The lowest BCUT2D eigenvalue weighted by Crippen LogP contribution is -2.41. The minimum Gasteiger partial charge on any atom is -0.487 e. The fourth-order valence-electron chi connectivity index (χ4n) is 6.54. The van der Waals surface area contributed by atoms with Gasteiger partial charge in [0.25, 0.3) is 0 Å². The van der Waals surface area contributed by atoms with Crippen molar-refractivity contribution in [3.05, 3.63) is 126 Å². The molecule has 0 saturated heterocycles. The van der Waals surface area contributed by atoms with Crippen molar-refractivity contribution in [3.63, 3.8) is 0 Å². The normalized spacial score (nSPS) is 14.9. The van der Waals surface area contributed by atoms with E-state index in [0.717, 1.165) is 44.8 Å². The van der Waals surface area contributed by atoms with Crippen LogP contribution in [0.5, 0.6) is 5.75 Å². The average Bonchev–Trinajstić information content (AvgIpc) is 3.29. The van der Waals surface area contributed by atoms with E-state index in [-0.39, 0.29) is 21.8 Å². The molecule has 2 aromatic heterocycles. The second-order valence-corrected chi connectivity index (χ2v) is 16.9. The monoisotopic (exact) mass is 672 g/mol. The highest BCUT2D eigenvalue weighted by Crippen LogP contribution is 2.49. The summed E-state index contributed by atoms with van der Waals surface area (Å²) in [6.07, 6.45) is 1.95. The molecule has 1 aliphatic rings. The predicted octanol–water partition coefficient (Wildman–Crippen LogP) is 11.6. The first-order valence-electron chi connectivity index (χ1n) is 17.9. The molecule has 4 aromatic carbocycles. The van der Waals surface area contributed by atoms with Gasteiger partial charge in [-0.3, -0.25) is 4.98 Å². The number of ether oxygens (including phenoxy) is 1. The van der Waals surface area contributed by atoms with Gasteiger partial charge in [0.1, 0.15) is 11.4 Å². The molecule has 3 heterocycles. The van der Waals surface area contributed by atoms with Gasteiger partial charge in [-0.05, 0) is 65.6 Å². The first kappa shape index (κ1) is 34.3. The molecule has 258 valence electrons. The number of aromatic nitrogens is 4. The number of nitrogens with zero attached hydrogens (tertiary/aromatic N) is 4. The van der Waals surface area contributed by atoms with Crippen molar-refractivity contribution in [2.45, 2.75) is 91.1 Å². The average molecular weight is 673 g/mol. The predicted molar refractivity (Wildman–Crippen MR) is 210 cm³/mol. The molecule has 0 aliphatic carbocycles. The lowest BCUT2D eigenvalue weighted by molar-refractivity contribution is 0.0712. The summed E-state index contributed by atoms with van der Waals surface area (Å²) in [7, 11) is 0. The van der Waals surface area contributed by atoms with Gasteiger partial charge < -0.3 is 4.74 Å². The van der Waals surface area contributed by atoms with Crippen LogP contribution in [0.2, 0.25) is 0 Å². The zero-order chi connectivity index (χ0) is 36.3. The van der Waals surface area contributed by atoms with Gasteiger partial charge >= 0.3 is 0 Å². The van der Waals surface area contributed by atoms with E-state index in [1.54, 1.807) is 0 Å². The first-order chi connectivity index (χ1) is 24.0. The molecule has 5 heteroatoms. The second kappa shape index (κ2) is 12.3. The van der Waals surface area contributed by atoms with Crippen LogP contribution in [0.3, 0.4) is 0 Å². The summed E-state index contributed by atoms with van der Waals surface area (Å²) < 4.78 is 6.27. The molecule has 0 N–H and O–H groups in total. The lowest BCUT2D eigenvalue weighted by atomic mass is 9.73. The smallest absolute Gasteiger partial charge is 0.164 e. The van der Waals surface area contributed by atoms with Crippen LogP contribution in [0.15, 0.2) is 109 Å². The molecule has 0 unspecified atom stereocenters. The highest BCUT2D eigenvalue weighted by Gasteiger charge is 2.48. The number of hydrogen-bond donors (Lipinski definition) is 0. The molecular weight excluding hydrogens is 625 g/mol. The molecule has 0 fully saturated rings. The van der Waals surface area contributed by atoms with Gasteiger partial charge in [-0.15, -0.1) is 0 Å². The van der Waals surface area contributed by atoms with Gasteiger partial charge in [-0.1, -0.05) is 134 Å². The third kappa shape index (κ3) is 6.58. The fourth-order valence-corrected chi connectivity index (χ4v) is 6.54. The van der Waals surface area contributed by atoms with Crippen LogP contribution in [0.1, 0.15) is 85.9 Å². The van der Waals surface area contributed by atoms with Crippen molar-refractivity contribution in [2.24, 2.45) is 0 Å². The molecule has 0 spiro atoms. The van der Waals surface area contributed by atoms with Crippen LogP contribution in [0.25, 0.3) is 56.5 Å². The Kier molecular flexibility index (Phi) is 8.24. The maximum atomic E-state index is 6.27. The molecule has 0 bridgehead atoms. The van der Waals surface area contributed by atoms with E-state index in [2.05, 4.69) is 172 Å². The van der Waals surface area contributed by atoms with Crippen LogP contribution in [-0.2, 0) is 16.2 Å². The molecule has 1 aliphatic heterocycles. The van der Waals surface area contributed by atoms with E-state index in [4.69, 9.17) is 24.7 Å². The number of hydrogen-bond acceptors (Lipinski definition) is 5. The molecule has 5 nitrogen and oxygen atoms in total.